The van der Waals surface area contributed by atoms with E-state index in [1.54, 1.807) is 11.3 Å². The van der Waals surface area contributed by atoms with Crippen molar-refractivity contribution in [2.24, 2.45) is 0 Å². The summed E-state index contributed by atoms with van der Waals surface area (Å²) in [5.74, 6) is -0.0445. The highest BCUT2D eigenvalue weighted by molar-refractivity contribution is 7.20. The Labute approximate surface area is 172 Å². The number of nitrogens with zero attached hydrogens (tertiary/aromatic N) is 2. The molecular weight excluding hydrogens is 392 g/mol. The van der Waals surface area contributed by atoms with E-state index in [9.17, 15) is 4.79 Å². The van der Waals surface area contributed by atoms with Gasteiger partial charge in [0.15, 0.2) is 10.3 Å². The van der Waals surface area contributed by atoms with Crippen molar-refractivity contribution in [3.63, 3.8) is 0 Å². The van der Waals surface area contributed by atoms with Crippen LogP contribution in [0.25, 0.3) is 10.6 Å². The third-order valence-electron chi connectivity index (χ3n) is 4.49. The van der Waals surface area contributed by atoms with Gasteiger partial charge in [0.1, 0.15) is 0 Å². The van der Waals surface area contributed by atoms with Crippen LogP contribution in [0.4, 0.5) is 16.0 Å². The van der Waals surface area contributed by atoms with Crippen LogP contribution in [-0.2, 0) is 9.53 Å². The second kappa shape index (κ2) is 8.81. The predicted octanol–water partition coefficient (Wildman–Crippen LogP) is 5.22. The molecule has 1 saturated heterocycles. The average Bonchev–Trinajstić information content (AvgIpc) is 3.29. The van der Waals surface area contributed by atoms with Gasteiger partial charge in [-0.1, -0.05) is 29.5 Å². The summed E-state index contributed by atoms with van der Waals surface area (Å²) in [5.41, 5.74) is 2.74. The summed E-state index contributed by atoms with van der Waals surface area (Å²) < 4.78 is 5.64. The Morgan fingerprint density at radius 3 is 2.86 bits per heavy atom. The van der Waals surface area contributed by atoms with E-state index < -0.39 is 0 Å². The van der Waals surface area contributed by atoms with Crippen LogP contribution >= 0.6 is 22.7 Å². The monoisotopic (exact) mass is 414 g/mol. The van der Waals surface area contributed by atoms with E-state index in [1.807, 2.05) is 42.6 Å². The van der Waals surface area contributed by atoms with Crippen LogP contribution < -0.4 is 10.6 Å². The first-order chi connectivity index (χ1) is 13.7. The highest BCUT2D eigenvalue weighted by Crippen LogP contribution is 2.35. The van der Waals surface area contributed by atoms with E-state index in [0.717, 1.165) is 53.0 Å². The molecule has 1 aliphatic heterocycles. The fourth-order valence-corrected chi connectivity index (χ4v) is 4.85. The summed E-state index contributed by atoms with van der Waals surface area (Å²) in [6.07, 6.45) is 3.57. The third-order valence-corrected chi connectivity index (χ3v) is 6.34. The lowest BCUT2D eigenvalue weighted by molar-refractivity contribution is -0.119. The number of thiazole rings is 2. The zero-order chi connectivity index (χ0) is 19.3. The van der Waals surface area contributed by atoms with Crippen molar-refractivity contribution < 1.29 is 9.53 Å². The predicted molar refractivity (Wildman–Crippen MR) is 115 cm³/mol. The van der Waals surface area contributed by atoms with Crippen LogP contribution in [0.3, 0.4) is 0 Å². The number of benzene rings is 1. The molecule has 0 saturated carbocycles. The highest BCUT2D eigenvalue weighted by atomic mass is 32.1. The van der Waals surface area contributed by atoms with Crippen molar-refractivity contribution in [3.05, 3.63) is 41.4 Å². The maximum absolute atomic E-state index is 12.3. The molecule has 1 atom stereocenters. The molecule has 0 aliphatic carbocycles. The van der Waals surface area contributed by atoms with Crippen LogP contribution in [0.1, 0.15) is 31.4 Å². The number of anilines is 3. The fourth-order valence-electron chi connectivity index (χ4n) is 3.11. The lowest BCUT2D eigenvalue weighted by Gasteiger charge is -2.21. The van der Waals surface area contributed by atoms with Gasteiger partial charge in [-0.2, -0.15) is 0 Å². The molecule has 0 radical (unpaired) electrons. The number of hydrogen-bond donors (Lipinski definition) is 2. The molecule has 0 unspecified atom stereocenters. The molecule has 8 heteroatoms. The zero-order valence-corrected chi connectivity index (χ0v) is 17.2. The normalized spacial score (nSPS) is 16.7. The Kier molecular flexibility index (Phi) is 5.99. The second-order valence-electron chi connectivity index (χ2n) is 6.70. The number of aryl methyl sites for hydroxylation is 1. The van der Waals surface area contributed by atoms with Gasteiger partial charge in [-0.3, -0.25) is 4.79 Å². The Morgan fingerprint density at radius 2 is 2.07 bits per heavy atom. The van der Waals surface area contributed by atoms with Gasteiger partial charge in [0.05, 0.1) is 28.8 Å². The number of hydrogen-bond acceptors (Lipinski definition) is 7. The molecule has 3 heterocycles. The van der Waals surface area contributed by atoms with Crippen LogP contribution in [0.15, 0.2) is 35.7 Å². The molecule has 1 aromatic carbocycles. The van der Waals surface area contributed by atoms with E-state index in [0.29, 0.717) is 11.6 Å². The second-order valence-corrected chi connectivity index (χ2v) is 8.56. The molecule has 2 aromatic heterocycles. The number of para-hydroxylation sites is 1. The number of rotatable bonds is 6. The van der Waals surface area contributed by atoms with Crippen molar-refractivity contribution in [2.75, 3.05) is 17.2 Å². The smallest absolute Gasteiger partial charge is 0.228 e. The quantitative estimate of drug-likeness (QED) is 0.579. The maximum Gasteiger partial charge on any atom is 0.228 e. The molecule has 0 spiro atoms. The minimum Gasteiger partial charge on any atom is -0.378 e. The number of carbonyl (C=O) groups excluding carboxylic acids is 1. The van der Waals surface area contributed by atoms with E-state index in [-0.39, 0.29) is 12.0 Å². The van der Waals surface area contributed by atoms with Crippen molar-refractivity contribution in [2.45, 2.75) is 38.7 Å². The molecule has 1 fully saturated rings. The van der Waals surface area contributed by atoms with Gasteiger partial charge < -0.3 is 15.4 Å². The van der Waals surface area contributed by atoms with Gasteiger partial charge in [-0.05, 0) is 38.3 Å². The minimum absolute atomic E-state index is 0.0273. The summed E-state index contributed by atoms with van der Waals surface area (Å²) in [4.78, 5) is 22.4. The topological polar surface area (TPSA) is 76.1 Å². The molecular formula is C20H22N4O2S2. The number of amides is 1. The molecule has 3 aromatic rings. The summed E-state index contributed by atoms with van der Waals surface area (Å²) in [6, 6.07) is 9.95. The standard InChI is InChI=1S/C20H22N4O2S2/c1-13-18(16-12-27-19(23-16)22-14-7-3-2-4-8-14)28-20(21-13)24-17(25)11-15-9-5-6-10-26-15/h2-4,7-8,12,15H,5-6,9-11H2,1H3,(H,22,23)(H,21,24,25)/t15-/m0/s1. The molecule has 1 aliphatic rings. The van der Waals surface area contributed by atoms with Crippen LogP contribution in [0, 0.1) is 6.92 Å². The average molecular weight is 415 g/mol. The number of ether oxygens (including phenoxy) is 1. The van der Waals surface area contributed by atoms with Crippen molar-refractivity contribution in [3.8, 4) is 10.6 Å². The van der Waals surface area contributed by atoms with Crippen molar-refractivity contribution in [1.29, 1.82) is 0 Å². The van der Waals surface area contributed by atoms with E-state index in [4.69, 9.17) is 4.74 Å². The Hall–Kier alpha value is -2.29. The van der Waals surface area contributed by atoms with Gasteiger partial charge in [0.25, 0.3) is 0 Å². The summed E-state index contributed by atoms with van der Waals surface area (Å²) in [7, 11) is 0. The van der Waals surface area contributed by atoms with Gasteiger partial charge in [-0.25, -0.2) is 9.97 Å². The summed E-state index contributed by atoms with van der Waals surface area (Å²) >= 11 is 3.00. The van der Waals surface area contributed by atoms with Gasteiger partial charge in [0, 0.05) is 17.7 Å². The number of carbonyl (C=O) groups is 1. The SMILES string of the molecule is Cc1nc(NC(=O)C[C@@H]2CCCCO2)sc1-c1csc(Nc2ccccc2)n1. The van der Waals surface area contributed by atoms with E-state index in [1.165, 1.54) is 11.3 Å². The Balaban J connectivity index is 1.40. The first kappa shape index (κ1) is 19.0. The van der Waals surface area contributed by atoms with Crippen LogP contribution in [-0.4, -0.2) is 28.6 Å². The molecule has 6 nitrogen and oxygen atoms in total. The molecule has 0 bridgehead atoms. The molecule has 146 valence electrons. The third kappa shape index (κ3) is 4.76. The number of nitrogens with one attached hydrogen (secondary N) is 2. The lowest BCUT2D eigenvalue weighted by atomic mass is 10.1. The van der Waals surface area contributed by atoms with Gasteiger partial charge >= 0.3 is 0 Å². The molecule has 1 amide bonds. The van der Waals surface area contributed by atoms with Crippen molar-refractivity contribution in [1.82, 2.24) is 9.97 Å². The number of aromatic nitrogens is 2. The van der Waals surface area contributed by atoms with E-state index >= 15 is 0 Å². The molecule has 2 N–H and O–H groups in total. The Bertz CT molecular complexity index is 933. The molecule has 4 rings (SSSR count). The minimum atomic E-state index is -0.0445. The first-order valence-corrected chi connectivity index (χ1v) is 11.0. The Morgan fingerprint density at radius 1 is 1.21 bits per heavy atom. The largest absolute Gasteiger partial charge is 0.378 e. The molecule has 28 heavy (non-hydrogen) atoms. The van der Waals surface area contributed by atoms with Gasteiger partial charge in [-0.15, -0.1) is 11.3 Å². The van der Waals surface area contributed by atoms with E-state index in [2.05, 4.69) is 20.6 Å². The highest BCUT2D eigenvalue weighted by Gasteiger charge is 2.19. The lowest BCUT2D eigenvalue weighted by Crippen LogP contribution is -2.25. The summed E-state index contributed by atoms with van der Waals surface area (Å²) in [6.45, 7) is 2.69. The fraction of sp³-hybridized carbons (Fsp3) is 0.350. The zero-order valence-electron chi connectivity index (χ0n) is 15.6. The van der Waals surface area contributed by atoms with Gasteiger partial charge in [0.2, 0.25) is 5.91 Å². The first-order valence-electron chi connectivity index (χ1n) is 9.34. The summed E-state index contributed by atoms with van der Waals surface area (Å²) in [5, 5.41) is 9.67. The van der Waals surface area contributed by atoms with Crippen LogP contribution in [0.5, 0.6) is 0 Å². The van der Waals surface area contributed by atoms with Crippen LogP contribution in [0.2, 0.25) is 0 Å². The maximum atomic E-state index is 12.3. The van der Waals surface area contributed by atoms with Crippen molar-refractivity contribution >= 4 is 44.5 Å².